The Labute approximate surface area is 113 Å². The molecule has 2 aromatic rings. The van der Waals surface area contributed by atoms with E-state index in [1.165, 1.54) is 5.56 Å². The molecule has 19 heavy (non-hydrogen) atoms. The molecule has 0 spiro atoms. The average Bonchev–Trinajstić information content (AvgIpc) is 2.42. The number of nitrogens with one attached hydrogen (secondary N) is 2. The summed E-state index contributed by atoms with van der Waals surface area (Å²) in [6.45, 7) is 3.78. The van der Waals surface area contributed by atoms with E-state index in [1.54, 1.807) is 12.1 Å². The number of anilines is 2. The molecular weight excluding hydrogens is 238 g/mol. The number of rotatable bonds is 6. The quantitative estimate of drug-likeness (QED) is 0.745. The van der Waals surface area contributed by atoms with Crippen LogP contribution >= 0.6 is 0 Å². The molecule has 0 saturated heterocycles. The number of aromatic hydroxyl groups is 1. The Balaban J connectivity index is 1.85. The molecule has 0 radical (unpaired) electrons. The molecule has 3 N–H and O–H groups in total. The highest BCUT2D eigenvalue weighted by Crippen LogP contribution is 2.13. The van der Waals surface area contributed by atoms with Gasteiger partial charge >= 0.3 is 0 Å². The van der Waals surface area contributed by atoms with Gasteiger partial charge in [0.15, 0.2) is 0 Å². The minimum absolute atomic E-state index is 0.305. The second kappa shape index (κ2) is 6.64. The monoisotopic (exact) mass is 257 g/mol. The van der Waals surface area contributed by atoms with Crippen LogP contribution in [-0.2, 0) is 6.42 Å². The highest BCUT2D eigenvalue weighted by atomic mass is 16.3. The summed E-state index contributed by atoms with van der Waals surface area (Å²) in [6.07, 6.45) is 4.54. The maximum Gasteiger partial charge on any atom is 0.115 e. The molecule has 0 unspecified atom stereocenters. The zero-order valence-electron chi connectivity index (χ0n) is 11.1. The Morgan fingerprint density at radius 3 is 2.42 bits per heavy atom. The van der Waals surface area contributed by atoms with Crippen LogP contribution < -0.4 is 10.6 Å². The van der Waals surface area contributed by atoms with Crippen molar-refractivity contribution in [3.63, 3.8) is 0 Å². The fourth-order valence-electron chi connectivity index (χ4n) is 1.85. The van der Waals surface area contributed by atoms with E-state index >= 15 is 0 Å². The number of nitrogens with zero attached hydrogens (tertiary/aromatic N) is 1. The topological polar surface area (TPSA) is 57.2 Å². The molecular formula is C15H19N3O. The van der Waals surface area contributed by atoms with Gasteiger partial charge in [-0.05, 0) is 37.1 Å². The molecule has 0 amide bonds. The van der Waals surface area contributed by atoms with E-state index in [0.29, 0.717) is 5.75 Å². The normalized spacial score (nSPS) is 10.2. The zero-order valence-corrected chi connectivity index (χ0v) is 11.1. The molecule has 0 bridgehead atoms. The summed E-state index contributed by atoms with van der Waals surface area (Å²) in [4.78, 5) is 4.18. The predicted octanol–water partition coefficient (Wildman–Crippen LogP) is 2.87. The molecule has 4 nitrogen and oxygen atoms in total. The average molecular weight is 257 g/mol. The first-order valence-electron chi connectivity index (χ1n) is 6.48. The largest absolute Gasteiger partial charge is 0.508 e. The van der Waals surface area contributed by atoms with E-state index in [2.05, 4.69) is 22.5 Å². The molecule has 1 heterocycles. The molecule has 0 aliphatic carbocycles. The number of hydrogen-bond acceptors (Lipinski definition) is 4. The minimum Gasteiger partial charge on any atom is -0.508 e. The minimum atomic E-state index is 0.305. The third-order valence-corrected chi connectivity index (χ3v) is 2.80. The van der Waals surface area contributed by atoms with Crippen molar-refractivity contribution in [1.82, 2.24) is 4.98 Å². The van der Waals surface area contributed by atoms with Crippen LogP contribution in [0.1, 0.15) is 12.5 Å². The number of hydrogen-bond donors (Lipinski definition) is 3. The summed E-state index contributed by atoms with van der Waals surface area (Å²) in [5.74, 6) is 0.305. The molecule has 1 aromatic heterocycles. The van der Waals surface area contributed by atoms with Gasteiger partial charge < -0.3 is 15.7 Å². The van der Waals surface area contributed by atoms with Gasteiger partial charge in [-0.1, -0.05) is 12.1 Å². The van der Waals surface area contributed by atoms with Crippen LogP contribution in [0.2, 0.25) is 0 Å². The van der Waals surface area contributed by atoms with Gasteiger partial charge in [0.1, 0.15) is 5.75 Å². The lowest BCUT2D eigenvalue weighted by molar-refractivity contribution is 0.475. The van der Waals surface area contributed by atoms with Crippen molar-refractivity contribution in [1.29, 1.82) is 0 Å². The first-order chi connectivity index (χ1) is 9.28. The molecule has 0 aliphatic rings. The van der Waals surface area contributed by atoms with Gasteiger partial charge in [0.2, 0.25) is 0 Å². The molecule has 0 aliphatic heterocycles. The van der Waals surface area contributed by atoms with Gasteiger partial charge in [0.05, 0.1) is 23.8 Å². The SMILES string of the molecule is CCNc1cncc(NCCc2ccc(O)cc2)c1. The highest BCUT2D eigenvalue weighted by Gasteiger charge is 1.97. The highest BCUT2D eigenvalue weighted by molar-refractivity contribution is 5.53. The van der Waals surface area contributed by atoms with Crippen LogP contribution in [0.4, 0.5) is 11.4 Å². The third kappa shape index (κ3) is 4.17. The third-order valence-electron chi connectivity index (χ3n) is 2.80. The van der Waals surface area contributed by atoms with Crippen molar-refractivity contribution in [2.45, 2.75) is 13.3 Å². The lowest BCUT2D eigenvalue weighted by atomic mass is 10.1. The summed E-state index contributed by atoms with van der Waals surface area (Å²) in [5.41, 5.74) is 3.23. The maximum atomic E-state index is 9.21. The summed E-state index contributed by atoms with van der Waals surface area (Å²) in [5, 5.41) is 15.8. The van der Waals surface area contributed by atoms with Gasteiger partial charge in [-0.15, -0.1) is 0 Å². The fourth-order valence-corrected chi connectivity index (χ4v) is 1.85. The van der Waals surface area contributed by atoms with Gasteiger partial charge in [-0.2, -0.15) is 0 Å². The summed E-state index contributed by atoms with van der Waals surface area (Å²) < 4.78 is 0. The molecule has 0 atom stereocenters. The smallest absolute Gasteiger partial charge is 0.115 e. The second-order valence-corrected chi connectivity index (χ2v) is 4.34. The maximum absolute atomic E-state index is 9.21. The molecule has 0 fully saturated rings. The molecule has 2 rings (SSSR count). The zero-order chi connectivity index (χ0) is 13.5. The Bertz CT molecular complexity index is 511. The lowest BCUT2D eigenvalue weighted by Gasteiger charge is -2.08. The van der Waals surface area contributed by atoms with Crippen molar-refractivity contribution in [3.8, 4) is 5.75 Å². The van der Waals surface area contributed by atoms with Gasteiger partial charge in [0, 0.05) is 13.1 Å². The Morgan fingerprint density at radius 2 is 1.74 bits per heavy atom. The number of phenolic OH excluding ortho intramolecular Hbond substituents is 1. The van der Waals surface area contributed by atoms with E-state index in [-0.39, 0.29) is 0 Å². The van der Waals surface area contributed by atoms with E-state index in [9.17, 15) is 5.11 Å². The van der Waals surface area contributed by atoms with Crippen LogP contribution in [0, 0.1) is 0 Å². The fraction of sp³-hybridized carbons (Fsp3) is 0.267. The van der Waals surface area contributed by atoms with E-state index in [1.807, 2.05) is 30.6 Å². The predicted molar refractivity (Wildman–Crippen MR) is 78.7 cm³/mol. The number of pyridine rings is 1. The van der Waals surface area contributed by atoms with Crippen LogP contribution in [0.5, 0.6) is 5.75 Å². The van der Waals surface area contributed by atoms with E-state index in [0.717, 1.165) is 30.9 Å². The van der Waals surface area contributed by atoms with Crippen molar-refractivity contribution < 1.29 is 5.11 Å². The summed E-state index contributed by atoms with van der Waals surface area (Å²) >= 11 is 0. The molecule has 1 aromatic carbocycles. The number of aromatic nitrogens is 1. The van der Waals surface area contributed by atoms with Crippen molar-refractivity contribution in [2.75, 3.05) is 23.7 Å². The summed E-state index contributed by atoms with van der Waals surface area (Å²) in [6, 6.07) is 9.34. The first kappa shape index (κ1) is 13.2. The molecule has 0 saturated carbocycles. The van der Waals surface area contributed by atoms with Gasteiger partial charge in [-0.25, -0.2) is 0 Å². The van der Waals surface area contributed by atoms with Crippen molar-refractivity contribution >= 4 is 11.4 Å². The number of phenols is 1. The van der Waals surface area contributed by atoms with Crippen LogP contribution in [-0.4, -0.2) is 23.2 Å². The first-order valence-corrected chi connectivity index (χ1v) is 6.48. The van der Waals surface area contributed by atoms with Crippen LogP contribution in [0.3, 0.4) is 0 Å². The van der Waals surface area contributed by atoms with E-state index < -0.39 is 0 Å². The van der Waals surface area contributed by atoms with E-state index in [4.69, 9.17) is 0 Å². The van der Waals surface area contributed by atoms with Crippen molar-refractivity contribution in [2.24, 2.45) is 0 Å². The standard InChI is InChI=1S/C15H19N3O/c1-2-17-13-9-14(11-16-10-13)18-8-7-12-3-5-15(19)6-4-12/h3-6,9-11,17-19H,2,7-8H2,1H3. The van der Waals surface area contributed by atoms with Gasteiger partial charge in [0.25, 0.3) is 0 Å². The van der Waals surface area contributed by atoms with Gasteiger partial charge in [-0.3, -0.25) is 4.98 Å². The second-order valence-electron chi connectivity index (χ2n) is 4.34. The van der Waals surface area contributed by atoms with Crippen LogP contribution in [0.15, 0.2) is 42.7 Å². The lowest BCUT2D eigenvalue weighted by Crippen LogP contribution is -2.06. The molecule has 4 heteroatoms. The van der Waals surface area contributed by atoms with Crippen LogP contribution in [0.25, 0.3) is 0 Å². The number of benzene rings is 1. The Kier molecular flexibility index (Phi) is 4.61. The Morgan fingerprint density at radius 1 is 1.05 bits per heavy atom. The Hall–Kier alpha value is -2.23. The molecule has 100 valence electrons. The van der Waals surface area contributed by atoms with Crippen molar-refractivity contribution in [3.05, 3.63) is 48.3 Å². The summed E-state index contributed by atoms with van der Waals surface area (Å²) in [7, 11) is 0.